The summed E-state index contributed by atoms with van der Waals surface area (Å²) in [7, 11) is -2.28. The van der Waals surface area contributed by atoms with Crippen LogP contribution in [-0.4, -0.2) is 33.0 Å². The maximum Gasteiger partial charge on any atom is 0.247 e. The molecule has 2 aromatic carbocycles. The molecule has 1 fully saturated rings. The first-order chi connectivity index (χ1) is 12.4. The van der Waals surface area contributed by atoms with E-state index in [2.05, 4.69) is 4.72 Å². The highest BCUT2D eigenvalue weighted by molar-refractivity contribution is 7.89. The fourth-order valence-corrected chi connectivity index (χ4v) is 4.41. The van der Waals surface area contributed by atoms with Gasteiger partial charge in [0.05, 0.1) is 12.0 Å². The molecule has 0 aromatic heterocycles. The van der Waals surface area contributed by atoms with E-state index < -0.39 is 15.6 Å². The summed E-state index contributed by atoms with van der Waals surface area (Å²) in [5.41, 5.74) is 0.946. The number of nitrogens with one attached hydrogen (secondary N) is 1. The maximum absolute atomic E-state index is 12.7. The van der Waals surface area contributed by atoms with Crippen LogP contribution in [0.15, 0.2) is 59.5 Å². The van der Waals surface area contributed by atoms with Gasteiger partial charge in [-0.3, -0.25) is 9.63 Å². The highest BCUT2D eigenvalue weighted by atomic mass is 32.2. The number of aryl methyl sites for hydroxylation is 1. The molecule has 0 saturated carbocycles. The molecule has 1 N–H and O–H groups in total. The summed E-state index contributed by atoms with van der Waals surface area (Å²) < 4.78 is 28.0. The van der Waals surface area contributed by atoms with E-state index in [1.54, 1.807) is 24.3 Å². The van der Waals surface area contributed by atoms with Crippen molar-refractivity contribution >= 4 is 15.9 Å². The zero-order valence-electron chi connectivity index (χ0n) is 14.8. The Labute approximate surface area is 153 Å². The summed E-state index contributed by atoms with van der Waals surface area (Å²) in [6.45, 7) is 1.93. The van der Waals surface area contributed by atoms with Crippen LogP contribution in [0.4, 0.5) is 0 Å². The molecule has 3 rings (SSSR count). The van der Waals surface area contributed by atoms with Crippen LogP contribution in [0.1, 0.15) is 24.0 Å². The van der Waals surface area contributed by atoms with Crippen LogP contribution in [-0.2, 0) is 25.2 Å². The standard InChI is InChI=1S/C19H22N2O4S/c1-15-8-10-17(11-9-15)26(23,24)20-14-19(16-6-4-3-5-7-16)13-12-18(22)21(19)25-2/h3-11,20H,12-14H2,1-2H3. The highest BCUT2D eigenvalue weighted by Gasteiger charge is 2.48. The maximum atomic E-state index is 12.7. The lowest BCUT2D eigenvalue weighted by Crippen LogP contribution is -2.50. The molecule has 2 aromatic rings. The van der Waals surface area contributed by atoms with Crippen molar-refractivity contribution in [2.75, 3.05) is 13.7 Å². The third kappa shape index (κ3) is 3.38. The van der Waals surface area contributed by atoms with E-state index in [0.29, 0.717) is 12.8 Å². The summed E-state index contributed by atoms with van der Waals surface area (Å²) in [5.74, 6) is -0.161. The lowest BCUT2D eigenvalue weighted by molar-refractivity contribution is -0.197. The Balaban J connectivity index is 1.92. The Morgan fingerprint density at radius 3 is 2.38 bits per heavy atom. The highest BCUT2D eigenvalue weighted by Crippen LogP contribution is 2.39. The van der Waals surface area contributed by atoms with Gasteiger partial charge >= 0.3 is 0 Å². The monoisotopic (exact) mass is 374 g/mol. The molecule has 0 bridgehead atoms. The van der Waals surface area contributed by atoms with Crippen molar-refractivity contribution in [3.63, 3.8) is 0 Å². The minimum absolute atomic E-state index is 0.0345. The van der Waals surface area contributed by atoms with Gasteiger partial charge in [0.25, 0.3) is 0 Å². The number of hydroxylamine groups is 2. The summed E-state index contributed by atoms with van der Waals surface area (Å²) >= 11 is 0. The van der Waals surface area contributed by atoms with Crippen LogP contribution in [0, 0.1) is 6.92 Å². The first kappa shape index (κ1) is 18.6. The number of nitrogens with zero attached hydrogens (tertiary/aromatic N) is 1. The predicted octanol–water partition coefficient (Wildman–Crippen LogP) is 2.35. The van der Waals surface area contributed by atoms with E-state index in [0.717, 1.165) is 11.1 Å². The van der Waals surface area contributed by atoms with Crippen LogP contribution in [0.25, 0.3) is 0 Å². The third-order valence-electron chi connectivity index (χ3n) is 4.75. The van der Waals surface area contributed by atoms with Gasteiger partial charge in [-0.05, 0) is 31.0 Å². The second-order valence-corrected chi connectivity index (χ2v) is 8.17. The fourth-order valence-electron chi connectivity index (χ4n) is 3.32. The smallest absolute Gasteiger partial charge is 0.247 e. The summed E-state index contributed by atoms with van der Waals surface area (Å²) in [5, 5.41) is 1.29. The zero-order chi connectivity index (χ0) is 18.8. The molecule has 1 saturated heterocycles. The molecular formula is C19H22N2O4S. The van der Waals surface area contributed by atoms with Crippen LogP contribution in [0.2, 0.25) is 0 Å². The molecule has 0 aliphatic carbocycles. The summed E-state index contributed by atoms with van der Waals surface area (Å²) in [4.78, 5) is 17.8. The predicted molar refractivity (Wildman–Crippen MR) is 97.6 cm³/mol. The van der Waals surface area contributed by atoms with Gasteiger partial charge in [-0.1, -0.05) is 48.0 Å². The van der Waals surface area contributed by atoms with Gasteiger partial charge in [-0.25, -0.2) is 18.2 Å². The number of carbonyl (C=O) groups is 1. The van der Waals surface area contributed by atoms with Crippen molar-refractivity contribution < 1.29 is 18.0 Å². The van der Waals surface area contributed by atoms with Crippen molar-refractivity contribution in [2.24, 2.45) is 0 Å². The fraction of sp³-hybridized carbons (Fsp3) is 0.316. The lowest BCUT2D eigenvalue weighted by Gasteiger charge is -2.37. The quantitative estimate of drug-likeness (QED) is 0.842. The largest absolute Gasteiger partial charge is 0.273 e. The molecule has 7 heteroatoms. The summed E-state index contributed by atoms with van der Waals surface area (Å²) in [6.07, 6.45) is 0.773. The molecule has 138 valence electrons. The van der Waals surface area contributed by atoms with Gasteiger partial charge in [0.15, 0.2) is 0 Å². The second-order valence-electron chi connectivity index (χ2n) is 6.41. The minimum Gasteiger partial charge on any atom is -0.273 e. The Morgan fingerprint density at radius 1 is 1.12 bits per heavy atom. The van der Waals surface area contributed by atoms with E-state index in [-0.39, 0.29) is 17.3 Å². The number of sulfonamides is 1. The van der Waals surface area contributed by atoms with Crippen molar-refractivity contribution in [1.82, 2.24) is 9.79 Å². The Kier molecular flexibility index (Phi) is 5.13. The third-order valence-corrected chi connectivity index (χ3v) is 6.16. The number of carbonyl (C=O) groups excluding carboxylic acids is 1. The molecule has 26 heavy (non-hydrogen) atoms. The van der Waals surface area contributed by atoms with E-state index in [4.69, 9.17) is 4.84 Å². The first-order valence-corrected chi connectivity index (χ1v) is 9.86. The number of benzene rings is 2. The molecule has 1 heterocycles. The number of rotatable bonds is 6. The molecule has 0 spiro atoms. The molecule has 1 aliphatic rings. The first-order valence-electron chi connectivity index (χ1n) is 8.38. The van der Waals surface area contributed by atoms with Crippen LogP contribution in [0.3, 0.4) is 0 Å². The van der Waals surface area contributed by atoms with Gasteiger partial charge in [-0.15, -0.1) is 0 Å². The van der Waals surface area contributed by atoms with Crippen LogP contribution in [0.5, 0.6) is 0 Å². The molecule has 1 aliphatic heterocycles. The Bertz CT molecular complexity index is 882. The molecule has 0 radical (unpaired) electrons. The van der Waals surface area contributed by atoms with Crippen LogP contribution >= 0.6 is 0 Å². The average molecular weight is 374 g/mol. The molecule has 1 amide bonds. The van der Waals surface area contributed by atoms with Gasteiger partial charge in [0.2, 0.25) is 15.9 Å². The van der Waals surface area contributed by atoms with Crippen molar-refractivity contribution in [1.29, 1.82) is 0 Å². The Morgan fingerprint density at radius 2 is 1.77 bits per heavy atom. The SMILES string of the molecule is CON1C(=O)CCC1(CNS(=O)(=O)c1ccc(C)cc1)c1ccccc1. The molecule has 1 unspecified atom stereocenters. The van der Waals surface area contributed by atoms with Crippen molar-refractivity contribution in [3.8, 4) is 0 Å². The van der Waals surface area contributed by atoms with Gasteiger partial charge in [-0.2, -0.15) is 0 Å². The van der Waals surface area contributed by atoms with E-state index in [1.807, 2.05) is 37.3 Å². The van der Waals surface area contributed by atoms with Gasteiger partial charge < -0.3 is 0 Å². The lowest BCUT2D eigenvalue weighted by atomic mass is 9.88. The van der Waals surface area contributed by atoms with E-state index in [9.17, 15) is 13.2 Å². The average Bonchev–Trinajstić information content (AvgIpc) is 2.98. The van der Waals surface area contributed by atoms with Crippen LogP contribution < -0.4 is 4.72 Å². The Hall–Kier alpha value is -2.22. The summed E-state index contributed by atoms with van der Waals surface area (Å²) in [6, 6.07) is 16.0. The normalized spacial score (nSPS) is 20.5. The second kappa shape index (κ2) is 7.19. The van der Waals surface area contributed by atoms with Gasteiger partial charge in [0, 0.05) is 13.0 Å². The van der Waals surface area contributed by atoms with Crippen molar-refractivity contribution in [3.05, 3.63) is 65.7 Å². The zero-order valence-corrected chi connectivity index (χ0v) is 15.6. The van der Waals surface area contributed by atoms with Gasteiger partial charge in [0.1, 0.15) is 5.54 Å². The van der Waals surface area contributed by atoms with E-state index in [1.165, 1.54) is 12.2 Å². The number of amides is 1. The molecule has 6 nitrogen and oxygen atoms in total. The molecular weight excluding hydrogens is 352 g/mol. The van der Waals surface area contributed by atoms with E-state index >= 15 is 0 Å². The molecule has 1 atom stereocenters. The number of hydrogen-bond donors (Lipinski definition) is 1. The van der Waals surface area contributed by atoms with Crippen molar-refractivity contribution in [2.45, 2.75) is 30.2 Å². The number of hydrogen-bond acceptors (Lipinski definition) is 4. The minimum atomic E-state index is -3.70. The topological polar surface area (TPSA) is 75.7 Å².